The number of amides is 3. The van der Waals surface area contributed by atoms with E-state index in [1.54, 1.807) is 31.3 Å². The first-order chi connectivity index (χ1) is 12.5. The largest absolute Gasteiger partial charge is 0.453 e. The third-order valence-electron chi connectivity index (χ3n) is 3.72. The van der Waals surface area contributed by atoms with Crippen molar-refractivity contribution < 1.29 is 19.1 Å². The van der Waals surface area contributed by atoms with E-state index in [-0.39, 0.29) is 11.8 Å². The molecule has 3 amide bonds. The maximum absolute atomic E-state index is 12.6. The Morgan fingerprint density at radius 1 is 1.00 bits per heavy atom. The molecule has 2 aromatic rings. The zero-order valence-electron chi connectivity index (χ0n) is 14.6. The highest BCUT2D eigenvalue weighted by Gasteiger charge is 2.22. The average molecular weight is 355 g/mol. The molecule has 3 N–H and O–H groups in total. The smallest absolute Gasteiger partial charge is 0.407 e. The highest BCUT2D eigenvalue weighted by Crippen LogP contribution is 2.11. The van der Waals surface area contributed by atoms with Gasteiger partial charge in [-0.2, -0.15) is 0 Å². The molecule has 0 radical (unpaired) electrons. The summed E-state index contributed by atoms with van der Waals surface area (Å²) in [5.74, 6) is -0.593. The number of alkyl carbamates (subject to hydrolysis) is 1. The third kappa shape index (κ3) is 5.34. The minimum Gasteiger partial charge on any atom is -0.453 e. The molecule has 0 aliphatic heterocycles. The Bertz CT molecular complexity index is 760. The van der Waals surface area contributed by atoms with Gasteiger partial charge in [-0.25, -0.2) is 4.79 Å². The average Bonchev–Trinajstić information content (AvgIpc) is 2.68. The Labute approximate surface area is 151 Å². The van der Waals surface area contributed by atoms with E-state index in [0.29, 0.717) is 17.7 Å². The van der Waals surface area contributed by atoms with Crippen LogP contribution in [0.5, 0.6) is 0 Å². The summed E-state index contributed by atoms with van der Waals surface area (Å²) in [6, 6.07) is 15.0. The predicted octanol–water partition coefficient (Wildman–Crippen LogP) is 1.95. The minimum absolute atomic E-state index is 0.211. The maximum atomic E-state index is 12.6. The fourth-order valence-corrected chi connectivity index (χ4v) is 2.34. The van der Waals surface area contributed by atoms with Gasteiger partial charge in [-0.15, -0.1) is 0 Å². The van der Waals surface area contributed by atoms with Crippen molar-refractivity contribution in [2.75, 3.05) is 19.5 Å². The van der Waals surface area contributed by atoms with Crippen LogP contribution in [0.4, 0.5) is 10.5 Å². The van der Waals surface area contributed by atoms with Crippen molar-refractivity contribution in [3.63, 3.8) is 0 Å². The van der Waals surface area contributed by atoms with Crippen LogP contribution in [0.2, 0.25) is 0 Å². The molecular weight excluding hydrogens is 334 g/mol. The first-order valence-electron chi connectivity index (χ1n) is 8.05. The fraction of sp³-hybridized carbons (Fsp3) is 0.211. The van der Waals surface area contributed by atoms with Crippen molar-refractivity contribution >= 4 is 23.6 Å². The molecule has 7 heteroatoms. The SMILES string of the molecule is CNC(=O)c1ccc(NC(=O)C(Cc2ccccc2)NC(=O)OC)cc1. The van der Waals surface area contributed by atoms with Gasteiger partial charge in [-0.1, -0.05) is 30.3 Å². The van der Waals surface area contributed by atoms with Crippen molar-refractivity contribution in [2.45, 2.75) is 12.5 Å². The van der Waals surface area contributed by atoms with E-state index in [1.165, 1.54) is 7.11 Å². The Morgan fingerprint density at radius 3 is 2.23 bits per heavy atom. The van der Waals surface area contributed by atoms with Gasteiger partial charge in [-0.3, -0.25) is 9.59 Å². The number of benzene rings is 2. The van der Waals surface area contributed by atoms with Gasteiger partial charge < -0.3 is 20.7 Å². The molecule has 0 bridgehead atoms. The van der Waals surface area contributed by atoms with E-state index in [4.69, 9.17) is 0 Å². The normalized spacial score (nSPS) is 11.2. The summed E-state index contributed by atoms with van der Waals surface area (Å²) in [5.41, 5.74) is 1.91. The lowest BCUT2D eigenvalue weighted by molar-refractivity contribution is -0.118. The second-order valence-electron chi connectivity index (χ2n) is 5.52. The highest BCUT2D eigenvalue weighted by molar-refractivity contribution is 5.98. The maximum Gasteiger partial charge on any atom is 0.407 e. The van der Waals surface area contributed by atoms with Crippen LogP contribution in [-0.4, -0.2) is 38.1 Å². The summed E-state index contributed by atoms with van der Waals surface area (Å²) >= 11 is 0. The van der Waals surface area contributed by atoms with Crippen LogP contribution < -0.4 is 16.0 Å². The molecule has 26 heavy (non-hydrogen) atoms. The highest BCUT2D eigenvalue weighted by atomic mass is 16.5. The molecule has 0 heterocycles. The van der Waals surface area contributed by atoms with Crippen LogP contribution in [-0.2, 0) is 16.0 Å². The molecule has 0 aromatic heterocycles. The molecule has 0 spiro atoms. The predicted molar refractivity (Wildman–Crippen MR) is 97.9 cm³/mol. The molecule has 7 nitrogen and oxygen atoms in total. The van der Waals surface area contributed by atoms with Gasteiger partial charge in [-0.05, 0) is 29.8 Å². The Kier molecular flexibility index (Phi) is 6.73. The lowest BCUT2D eigenvalue weighted by Crippen LogP contribution is -2.45. The summed E-state index contributed by atoms with van der Waals surface area (Å²) < 4.78 is 4.60. The van der Waals surface area contributed by atoms with E-state index in [2.05, 4.69) is 20.7 Å². The molecule has 1 atom stereocenters. The van der Waals surface area contributed by atoms with Gasteiger partial charge in [0, 0.05) is 24.7 Å². The number of methoxy groups -OCH3 is 1. The standard InChI is InChI=1S/C19H21N3O4/c1-20-17(23)14-8-10-15(11-9-14)21-18(24)16(22-19(25)26-2)12-13-6-4-3-5-7-13/h3-11,16H,12H2,1-2H3,(H,20,23)(H,21,24)(H,22,25). The van der Waals surface area contributed by atoms with Crippen LogP contribution in [0.25, 0.3) is 0 Å². The van der Waals surface area contributed by atoms with Gasteiger partial charge >= 0.3 is 6.09 Å². The molecule has 2 aromatic carbocycles. The lowest BCUT2D eigenvalue weighted by atomic mass is 10.1. The quantitative estimate of drug-likeness (QED) is 0.738. The number of ether oxygens (including phenoxy) is 1. The topological polar surface area (TPSA) is 96.5 Å². The van der Waals surface area contributed by atoms with E-state index >= 15 is 0 Å². The van der Waals surface area contributed by atoms with Crippen molar-refractivity contribution in [2.24, 2.45) is 0 Å². The first kappa shape index (κ1) is 19.0. The van der Waals surface area contributed by atoms with E-state index in [0.717, 1.165) is 5.56 Å². The van der Waals surface area contributed by atoms with Crippen molar-refractivity contribution in [3.05, 3.63) is 65.7 Å². The summed E-state index contributed by atoms with van der Waals surface area (Å²) in [6.07, 6.45) is -0.367. The molecule has 2 rings (SSSR count). The second kappa shape index (κ2) is 9.22. The third-order valence-corrected chi connectivity index (χ3v) is 3.72. The van der Waals surface area contributed by atoms with Crippen LogP contribution in [0.1, 0.15) is 15.9 Å². The number of carbonyl (C=O) groups is 3. The fourth-order valence-electron chi connectivity index (χ4n) is 2.34. The van der Waals surface area contributed by atoms with E-state index < -0.39 is 12.1 Å². The molecule has 136 valence electrons. The van der Waals surface area contributed by atoms with Gasteiger partial charge in [0.15, 0.2) is 0 Å². The van der Waals surface area contributed by atoms with Crippen LogP contribution in [0, 0.1) is 0 Å². The number of carbonyl (C=O) groups excluding carboxylic acids is 3. The number of rotatable bonds is 6. The Hall–Kier alpha value is -3.35. The summed E-state index contributed by atoms with van der Waals surface area (Å²) in [7, 11) is 2.79. The van der Waals surface area contributed by atoms with Crippen LogP contribution in [0.15, 0.2) is 54.6 Å². The molecule has 1 unspecified atom stereocenters. The Balaban J connectivity index is 2.09. The zero-order chi connectivity index (χ0) is 18.9. The molecule has 0 aliphatic carbocycles. The van der Waals surface area contributed by atoms with Gasteiger partial charge in [0.05, 0.1) is 7.11 Å². The van der Waals surface area contributed by atoms with Crippen LogP contribution >= 0.6 is 0 Å². The van der Waals surface area contributed by atoms with Crippen molar-refractivity contribution in [1.82, 2.24) is 10.6 Å². The molecule has 0 saturated heterocycles. The summed E-state index contributed by atoms with van der Waals surface area (Å²) in [5, 5.41) is 7.80. The first-order valence-corrected chi connectivity index (χ1v) is 8.05. The number of hydrogen-bond acceptors (Lipinski definition) is 4. The number of nitrogens with one attached hydrogen (secondary N) is 3. The van der Waals surface area contributed by atoms with Crippen molar-refractivity contribution in [1.29, 1.82) is 0 Å². The van der Waals surface area contributed by atoms with Gasteiger partial charge in [0.2, 0.25) is 5.91 Å². The second-order valence-corrected chi connectivity index (χ2v) is 5.52. The van der Waals surface area contributed by atoms with E-state index in [1.807, 2.05) is 30.3 Å². The number of anilines is 1. The molecule has 0 aliphatic rings. The molecular formula is C19H21N3O4. The minimum atomic E-state index is -0.802. The van der Waals surface area contributed by atoms with Crippen LogP contribution in [0.3, 0.4) is 0 Å². The van der Waals surface area contributed by atoms with Gasteiger partial charge in [0.1, 0.15) is 6.04 Å². The van der Waals surface area contributed by atoms with E-state index in [9.17, 15) is 14.4 Å². The van der Waals surface area contributed by atoms with Gasteiger partial charge in [0.25, 0.3) is 5.91 Å². The lowest BCUT2D eigenvalue weighted by Gasteiger charge is -2.18. The summed E-state index contributed by atoms with van der Waals surface area (Å²) in [4.78, 5) is 35.7. The molecule has 0 fully saturated rings. The number of hydrogen-bond donors (Lipinski definition) is 3. The summed E-state index contributed by atoms with van der Waals surface area (Å²) in [6.45, 7) is 0. The Morgan fingerprint density at radius 2 is 1.65 bits per heavy atom. The van der Waals surface area contributed by atoms with Crippen molar-refractivity contribution in [3.8, 4) is 0 Å². The monoisotopic (exact) mass is 355 g/mol. The zero-order valence-corrected chi connectivity index (χ0v) is 14.6. The molecule has 0 saturated carbocycles.